The molecule has 1 saturated heterocycles. The fourth-order valence-corrected chi connectivity index (χ4v) is 4.33. The average Bonchev–Trinajstić information content (AvgIpc) is 2.60. The summed E-state index contributed by atoms with van der Waals surface area (Å²) in [6.07, 6.45) is 1.53. The summed E-state index contributed by atoms with van der Waals surface area (Å²) in [5.41, 5.74) is 2.55. The minimum Gasteiger partial charge on any atom is -0.381 e. The van der Waals surface area contributed by atoms with Crippen LogP contribution in [0.4, 0.5) is 0 Å². The summed E-state index contributed by atoms with van der Waals surface area (Å²) < 4.78 is 6.53. The molecule has 0 bridgehead atoms. The van der Waals surface area contributed by atoms with E-state index in [1.54, 1.807) is 0 Å². The van der Waals surface area contributed by atoms with E-state index in [9.17, 15) is 4.79 Å². The van der Waals surface area contributed by atoms with Gasteiger partial charge in [0.2, 0.25) is 5.91 Å². The maximum Gasteiger partial charge on any atom is 0.231 e. The van der Waals surface area contributed by atoms with Gasteiger partial charge in [-0.15, -0.1) is 0 Å². The molecule has 1 amide bonds. The van der Waals surface area contributed by atoms with E-state index in [0.717, 1.165) is 34.3 Å². The summed E-state index contributed by atoms with van der Waals surface area (Å²) in [7, 11) is 0. The standard InChI is InChI=1S/C19H22BrN3O2S/c1-13-10-14(2)22-18(21-13)26-12-17(24)23-19(6-8-25-9-7-19)15-4-3-5-16(20)11-15/h3-5,10-11H,6-9,12H2,1-2H3,(H,23,24). The molecule has 1 aromatic heterocycles. The minimum atomic E-state index is -0.386. The number of carbonyl (C=O) groups excluding carboxylic acids is 1. The molecule has 0 saturated carbocycles. The molecule has 1 fully saturated rings. The number of hydrogen-bond donors (Lipinski definition) is 1. The van der Waals surface area contributed by atoms with Crippen LogP contribution in [0.25, 0.3) is 0 Å². The highest BCUT2D eigenvalue weighted by molar-refractivity contribution is 9.10. The maximum absolute atomic E-state index is 12.7. The zero-order chi connectivity index (χ0) is 18.6. The van der Waals surface area contributed by atoms with Crippen molar-refractivity contribution in [3.05, 3.63) is 51.8 Å². The number of ether oxygens (including phenoxy) is 1. The Morgan fingerprint density at radius 1 is 1.23 bits per heavy atom. The van der Waals surface area contributed by atoms with Gasteiger partial charge < -0.3 is 10.1 Å². The highest BCUT2D eigenvalue weighted by Crippen LogP contribution is 2.33. The second-order valence-corrected chi connectivity index (χ2v) is 8.33. The number of aromatic nitrogens is 2. The van der Waals surface area contributed by atoms with Crippen LogP contribution in [0, 0.1) is 13.8 Å². The van der Waals surface area contributed by atoms with Gasteiger partial charge in [-0.3, -0.25) is 4.79 Å². The van der Waals surface area contributed by atoms with Crippen molar-refractivity contribution in [2.24, 2.45) is 0 Å². The first-order chi connectivity index (χ1) is 12.5. The second-order valence-electron chi connectivity index (χ2n) is 6.47. The van der Waals surface area contributed by atoms with Crippen LogP contribution in [-0.2, 0) is 15.1 Å². The third-order valence-electron chi connectivity index (χ3n) is 4.40. The largest absolute Gasteiger partial charge is 0.381 e. The molecule has 0 spiro atoms. The molecule has 0 aliphatic carbocycles. The number of thioether (sulfide) groups is 1. The number of aryl methyl sites for hydroxylation is 2. The molecule has 1 aromatic carbocycles. The van der Waals surface area contributed by atoms with Crippen LogP contribution in [0.2, 0.25) is 0 Å². The Bertz CT molecular complexity index is 774. The highest BCUT2D eigenvalue weighted by Gasteiger charge is 2.36. The van der Waals surface area contributed by atoms with E-state index in [-0.39, 0.29) is 11.4 Å². The molecule has 5 nitrogen and oxygen atoms in total. The summed E-state index contributed by atoms with van der Waals surface area (Å²) in [5.74, 6) is 0.277. The van der Waals surface area contributed by atoms with Gasteiger partial charge in [0, 0.05) is 29.1 Å². The lowest BCUT2D eigenvalue weighted by Crippen LogP contribution is -2.50. The van der Waals surface area contributed by atoms with Crippen LogP contribution in [0.5, 0.6) is 0 Å². The number of carbonyl (C=O) groups is 1. The number of nitrogens with one attached hydrogen (secondary N) is 1. The van der Waals surface area contributed by atoms with Crippen molar-refractivity contribution in [3.63, 3.8) is 0 Å². The lowest BCUT2D eigenvalue weighted by molar-refractivity contribution is -0.121. The summed E-state index contributed by atoms with van der Waals surface area (Å²) in [5, 5.41) is 3.90. The van der Waals surface area contributed by atoms with Crippen molar-refractivity contribution >= 4 is 33.6 Å². The molecule has 0 atom stereocenters. The number of benzene rings is 1. The predicted molar refractivity (Wildman–Crippen MR) is 106 cm³/mol. The molecule has 7 heteroatoms. The summed E-state index contributed by atoms with van der Waals surface area (Å²) in [4.78, 5) is 21.4. The van der Waals surface area contributed by atoms with Gasteiger partial charge in [0.15, 0.2) is 5.16 Å². The van der Waals surface area contributed by atoms with Crippen molar-refractivity contribution in [1.82, 2.24) is 15.3 Å². The second kappa shape index (κ2) is 8.50. The topological polar surface area (TPSA) is 64.1 Å². The molecule has 2 aromatic rings. The van der Waals surface area contributed by atoms with Crippen LogP contribution in [0.15, 0.2) is 40.0 Å². The molecule has 26 heavy (non-hydrogen) atoms. The Hall–Kier alpha value is -1.44. The van der Waals surface area contributed by atoms with Crippen molar-refractivity contribution in [3.8, 4) is 0 Å². The molecule has 3 rings (SSSR count). The molecular weight excluding hydrogens is 414 g/mol. The average molecular weight is 436 g/mol. The SMILES string of the molecule is Cc1cc(C)nc(SCC(=O)NC2(c3cccc(Br)c3)CCOCC2)n1. The van der Waals surface area contributed by atoms with E-state index in [2.05, 4.69) is 43.3 Å². The lowest BCUT2D eigenvalue weighted by Gasteiger charge is -2.38. The first kappa shape index (κ1) is 19.3. The van der Waals surface area contributed by atoms with Gasteiger partial charge in [-0.1, -0.05) is 39.8 Å². The smallest absolute Gasteiger partial charge is 0.231 e. The molecule has 1 aliphatic heterocycles. The van der Waals surface area contributed by atoms with Crippen LogP contribution in [0.1, 0.15) is 29.8 Å². The van der Waals surface area contributed by atoms with Crippen molar-refractivity contribution in [2.45, 2.75) is 37.4 Å². The zero-order valence-corrected chi connectivity index (χ0v) is 17.3. The zero-order valence-electron chi connectivity index (χ0n) is 14.9. The van der Waals surface area contributed by atoms with Gasteiger partial charge in [0.05, 0.1) is 11.3 Å². The Morgan fingerprint density at radius 2 is 1.92 bits per heavy atom. The summed E-state index contributed by atoms with van der Waals surface area (Å²) >= 11 is 4.90. The van der Waals surface area contributed by atoms with Crippen molar-refractivity contribution in [2.75, 3.05) is 19.0 Å². The molecular formula is C19H22BrN3O2S. The molecule has 2 heterocycles. The van der Waals surface area contributed by atoms with E-state index < -0.39 is 0 Å². The van der Waals surface area contributed by atoms with Gasteiger partial charge >= 0.3 is 0 Å². The van der Waals surface area contributed by atoms with Crippen molar-refractivity contribution in [1.29, 1.82) is 0 Å². The van der Waals surface area contributed by atoms with Gasteiger partial charge in [-0.25, -0.2) is 9.97 Å². The normalized spacial score (nSPS) is 16.3. The van der Waals surface area contributed by atoms with Crippen LogP contribution >= 0.6 is 27.7 Å². The number of amides is 1. The van der Waals surface area contributed by atoms with E-state index >= 15 is 0 Å². The van der Waals surface area contributed by atoms with Gasteiger partial charge in [0.25, 0.3) is 0 Å². The van der Waals surface area contributed by atoms with Crippen LogP contribution in [-0.4, -0.2) is 34.8 Å². The van der Waals surface area contributed by atoms with Gasteiger partial charge in [0.1, 0.15) is 0 Å². The molecule has 1 N–H and O–H groups in total. The maximum atomic E-state index is 12.7. The fourth-order valence-electron chi connectivity index (χ4n) is 3.18. The Balaban J connectivity index is 1.71. The van der Waals surface area contributed by atoms with Crippen LogP contribution < -0.4 is 5.32 Å². The lowest BCUT2D eigenvalue weighted by atomic mass is 9.82. The molecule has 0 unspecified atom stereocenters. The molecule has 138 valence electrons. The first-order valence-electron chi connectivity index (χ1n) is 8.57. The number of rotatable bonds is 5. The molecule has 0 radical (unpaired) electrons. The molecule has 1 aliphatic rings. The van der Waals surface area contributed by atoms with Gasteiger partial charge in [-0.2, -0.15) is 0 Å². The number of halogens is 1. The number of nitrogens with zero attached hydrogens (tertiary/aromatic N) is 2. The van der Waals surface area contributed by atoms with E-state index in [1.807, 2.05) is 32.0 Å². The van der Waals surface area contributed by atoms with Crippen LogP contribution in [0.3, 0.4) is 0 Å². The summed E-state index contributed by atoms with van der Waals surface area (Å²) in [6, 6.07) is 10.1. The summed E-state index contributed by atoms with van der Waals surface area (Å²) in [6.45, 7) is 5.15. The fraction of sp³-hybridized carbons (Fsp3) is 0.421. The first-order valence-corrected chi connectivity index (χ1v) is 10.3. The third-order valence-corrected chi connectivity index (χ3v) is 5.74. The predicted octanol–water partition coefficient (Wildman–Crippen LogP) is 3.77. The Labute approximate surface area is 166 Å². The highest BCUT2D eigenvalue weighted by atomic mass is 79.9. The quantitative estimate of drug-likeness (QED) is 0.571. The minimum absolute atomic E-state index is 0.0142. The monoisotopic (exact) mass is 435 g/mol. The van der Waals surface area contributed by atoms with Gasteiger partial charge in [-0.05, 0) is 50.5 Å². The third kappa shape index (κ3) is 4.84. The van der Waals surface area contributed by atoms with E-state index in [1.165, 1.54) is 11.8 Å². The Morgan fingerprint density at radius 3 is 2.58 bits per heavy atom. The Kier molecular flexibility index (Phi) is 6.32. The number of hydrogen-bond acceptors (Lipinski definition) is 5. The van der Waals surface area contributed by atoms with E-state index in [0.29, 0.717) is 24.1 Å². The van der Waals surface area contributed by atoms with Crippen molar-refractivity contribution < 1.29 is 9.53 Å². The van der Waals surface area contributed by atoms with E-state index in [4.69, 9.17) is 4.74 Å².